The number of aromatic nitrogens is 2. The standard InChI is InChI=1S/C12H15N3O4S2/c1-8-11(7-10(20-8)12(16)17)21(18,19)13-5-3-9-4-6-15(2)14-9/h4,6-7,13H,3,5H2,1-2H3,(H,16,17). The Morgan fingerprint density at radius 3 is 2.76 bits per heavy atom. The predicted molar refractivity (Wildman–Crippen MR) is 78.1 cm³/mol. The van der Waals surface area contributed by atoms with Gasteiger partial charge in [0, 0.05) is 31.1 Å². The van der Waals surface area contributed by atoms with E-state index in [4.69, 9.17) is 5.11 Å². The summed E-state index contributed by atoms with van der Waals surface area (Å²) in [4.78, 5) is 11.4. The molecule has 0 unspecified atom stereocenters. The lowest BCUT2D eigenvalue weighted by molar-refractivity contribution is 0.0702. The molecule has 0 radical (unpaired) electrons. The fraction of sp³-hybridized carbons (Fsp3) is 0.333. The van der Waals surface area contributed by atoms with Crippen molar-refractivity contribution in [3.05, 3.63) is 33.8 Å². The highest BCUT2D eigenvalue weighted by Crippen LogP contribution is 2.25. The molecule has 0 bridgehead atoms. The van der Waals surface area contributed by atoms with Crippen molar-refractivity contribution in [2.75, 3.05) is 6.54 Å². The highest BCUT2D eigenvalue weighted by molar-refractivity contribution is 7.89. The van der Waals surface area contributed by atoms with E-state index >= 15 is 0 Å². The first-order valence-corrected chi connectivity index (χ1v) is 8.41. The van der Waals surface area contributed by atoms with Crippen molar-refractivity contribution in [2.45, 2.75) is 18.2 Å². The third kappa shape index (κ3) is 3.69. The summed E-state index contributed by atoms with van der Waals surface area (Å²) in [5.74, 6) is -1.13. The second kappa shape index (κ2) is 5.96. The molecule has 0 spiro atoms. The van der Waals surface area contributed by atoms with Crippen molar-refractivity contribution in [2.24, 2.45) is 7.05 Å². The molecule has 0 aliphatic heterocycles. The molecule has 2 aromatic rings. The van der Waals surface area contributed by atoms with E-state index in [9.17, 15) is 13.2 Å². The van der Waals surface area contributed by atoms with Crippen LogP contribution < -0.4 is 4.72 Å². The van der Waals surface area contributed by atoms with E-state index in [1.165, 1.54) is 6.07 Å². The van der Waals surface area contributed by atoms with Crippen LogP contribution in [-0.2, 0) is 23.5 Å². The van der Waals surface area contributed by atoms with Gasteiger partial charge in [0.25, 0.3) is 0 Å². The summed E-state index contributed by atoms with van der Waals surface area (Å²) in [6.07, 6.45) is 2.25. The van der Waals surface area contributed by atoms with Gasteiger partial charge >= 0.3 is 5.97 Å². The monoisotopic (exact) mass is 329 g/mol. The zero-order chi connectivity index (χ0) is 15.6. The first-order valence-electron chi connectivity index (χ1n) is 6.11. The van der Waals surface area contributed by atoms with Gasteiger partial charge in [0.15, 0.2) is 0 Å². The maximum atomic E-state index is 12.2. The first kappa shape index (κ1) is 15.7. The van der Waals surface area contributed by atoms with E-state index in [2.05, 4.69) is 9.82 Å². The van der Waals surface area contributed by atoms with Crippen LogP contribution in [0.15, 0.2) is 23.2 Å². The average Bonchev–Trinajstić information content (AvgIpc) is 2.96. The largest absolute Gasteiger partial charge is 0.477 e. The zero-order valence-electron chi connectivity index (χ0n) is 11.5. The SMILES string of the molecule is Cc1sc(C(=O)O)cc1S(=O)(=O)NCCc1ccn(C)n1. The number of hydrogen-bond acceptors (Lipinski definition) is 5. The van der Waals surface area contributed by atoms with Crippen LogP contribution >= 0.6 is 11.3 Å². The molecule has 114 valence electrons. The molecule has 9 heteroatoms. The number of rotatable bonds is 6. The van der Waals surface area contributed by atoms with E-state index in [1.807, 2.05) is 6.07 Å². The van der Waals surface area contributed by atoms with Crippen molar-refractivity contribution >= 4 is 27.3 Å². The smallest absolute Gasteiger partial charge is 0.345 e. The van der Waals surface area contributed by atoms with Crippen molar-refractivity contribution < 1.29 is 18.3 Å². The van der Waals surface area contributed by atoms with Crippen LogP contribution in [0, 0.1) is 6.92 Å². The lowest BCUT2D eigenvalue weighted by atomic mass is 10.3. The van der Waals surface area contributed by atoms with Gasteiger partial charge in [-0.05, 0) is 19.1 Å². The van der Waals surface area contributed by atoms with E-state index in [-0.39, 0.29) is 16.3 Å². The van der Waals surface area contributed by atoms with Crippen molar-refractivity contribution in [1.29, 1.82) is 0 Å². The predicted octanol–water partition coefficient (Wildman–Crippen LogP) is 1.01. The van der Waals surface area contributed by atoms with Crippen LogP contribution in [0.3, 0.4) is 0 Å². The van der Waals surface area contributed by atoms with E-state index in [1.54, 1.807) is 24.9 Å². The summed E-state index contributed by atoms with van der Waals surface area (Å²) in [5, 5.41) is 13.1. The van der Waals surface area contributed by atoms with Crippen molar-refractivity contribution in [3.63, 3.8) is 0 Å². The summed E-state index contributed by atoms with van der Waals surface area (Å²) in [6, 6.07) is 3.00. The van der Waals surface area contributed by atoms with Gasteiger partial charge in [0.2, 0.25) is 10.0 Å². The average molecular weight is 329 g/mol. The van der Waals surface area contributed by atoms with E-state index in [0.29, 0.717) is 11.3 Å². The molecule has 0 atom stereocenters. The third-order valence-corrected chi connectivity index (χ3v) is 5.57. The molecule has 0 aliphatic rings. The minimum Gasteiger partial charge on any atom is -0.477 e. The van der Waals surface area contributed by atoms with E-state index in [0.717, 1.165) is 17.0 Å². The lowest BCUT2D eigenvalue weighted by Crippen LogP contribution is -2.26. The number of aryl methyl sites for hydroxylation is 2. The molecule has 0 fully saturated rings. The quantitative estimate of drug-likeness (QED) is 0.823. The van der Waals surface area contributed by atoms with Crippen molar-refractivity contribution in [1.82, 2.24) is 14.5 Å². The summed E-state index contributed by atoms with van der Waals surface area (Å²) in [7, 11) is -1.92. The molecule has 0 saturated carbocycles. The number of nitrogens with one attached hydrogen (secondary N) is 1. The van der Waals surface area contributed by atoms with Gasteiger partial charge in [0.1, 0.15) is 4.88 Å². The van der Waals surface area contributed by atoms with Crippen LogP contribution in [0.5, 0.6) is 0 Å². The number of carboxylic acids is 1. The van der Waals surface area contributed by atoms with Crippen LogP contribution in [-0.4, -0.2) is 35.8 Å². The number of carboxylic acid groups (broad SMARTS) is 1. The maximum absolute atomic E-state index is 12.2. The Morgan fingerprint density at radius 2 is 2.24 bits per heavy atom. The molecule has 0 aromatic carbocycles. The molecule has 0 amide bonds. The van der Waals surface area contributed by atoms with Crippen LogP contribution in [0.1, 0.15) is 20.2 Å². The number of aromatic carboxylic acids is 1. The number of sulfonamides is 1. The third-order valence-electron chi connectivity index (χ3n) is 2.81. The maximum Gasteiger partial charge on any atom is 0.345 e. The molecule has 2 rings (SSSR count). The molecule has 2 heterocycles. The Morgan fingerprint density at radius 1 is 1.52 bits per heavy atom. The zero-order valence-corrected chi connectivity index (χ0v) is 13.2. The van der Waals surface area contributed by atoms with Crippen molar-refractivity contribution in [3.8, 4) is 0 Å². The first-order chi connectivity index (χ1) is 9.79. The molecule has 0 aliphatic carbocycles. The minimum atomic E-state index is -3.70. The minimum absolute atomic E-state index is 0.0117. The second-order valence-corrected chi connectivity index (χ2v) is 7.46. The van der Waals surface area contributed by atoms with E-state index < -0.39 is 16.0 Å². The molecule has 7 nitrogen and oxygen atoms in total. The molecular weight excluding hydrogens is 314 g/mol. The molecule has 0 saturated heterocycles. The van der Waals surface area contributed by atoms with Gasteiger partial charge in [0.05, 0.1) is 10.6 Å². The lowest BCUT2D eigenvalue weighted by Gasteiger charge is -2.05. The number of thiophene rings is 1. The molecule has 2 aromatic heterocycles. The molecule has 2 N–H and O–H groups in total. The summed E-state index contributed by atoms with van der Waals surface area (Å²) in [5.41, 5.74) is 0.786. The van der Waals surface area contributed by atoms with Gasteiger partial charge in [-0.15, -0.1) is 11.3 Å². The highest BCUT2D eigenvalue weighted by atomic mass is 32.2. The van der Waals surface area contributed by atoms with Crippen LogP contribution in [0.25, 0.3) is 0 Å². The molecule has 21 heavy (non-hydrogen) atoms. The Balaban J connectivity index is 2.06. The Labute approximate surface area is 126 Å². The Kier molecular flexibility index (Phi) is 4.45. The highest BCUT2D eigenvalue weighted by Gasteiger charge is 2.21. The van der Waals surface area contributed by atoms with Gasteiger partial charge in [-0.25, -0.2) is 17.9 Å². The fourth-order valence-electron chi connectivity index (χ4n) is 1.83. The number of hydrogen-bond donors (Lipinski definition) is 2. The summed E-state index contributed by atoms with van der Waals surface area (Å²) in [6.45, 7) is 1.79. The Hall–Kier alpha value is -1.71. The van der Waals surface area contributed by atoms with Crippen LogP contribution in [0.4, 0.5) is 0 Å². The van der Waals surface area contributed by atoms with Gasteiger partial charge in [-0.3, -0.25) is 4.68 Å². The summed E-state index contributed by atoms with van der Waals surface area (Å²) >= 11 is 0.948. The van der Waals surface area contributed by atoms with Gasteiger partial charge in [-0.1, -0.05) is 0 Å². The van der Waals surface area contributed by atoms with Gasteiger partial charge in [-0.2, -0.15) is 5.10 Å². The molecular formula is C12H15N3O4S2. The fourth-order valence-corrected chi connectivity index (χ4v) is 4.29. The topological polar surface area (TPSA) is 101 Å². The second-order valence-electron chi connectivity index (χ2n) is 4.46. The Bertz CT molecular complexity index is 761. The van der Waals surface area contributed by atoms with Gasteiger partial charge < -0.3 is 5.11 Å². The number of carbonyl (C=O) groups is 1. The number of nitrogens with zero attached hydrogens (tertiary/aromatic N) is 2. The van der Waals surface area contributed by atoms with Crippen LogP contribution in [0.2, 0.25) is 0 Å². The summed E-state index contributed by atoms with van der Waals surface area (Å²) < 4.78 is 28.4. The normalized spacial score (nSPS) is 11.7.